The zero-order valence-corrected chi connectivity index (χ0v) is 12.3. The van der Waals surface area contributed by atoms with Gasteiger partial charge in [0.05, 0.1) is 0 Å². The van der Waals surface area contributed by atoms with E-state index in [9.17, 15) is 9.59 Å². The van der Waals surface area contributed by atoms with Crippen molar-refractivity contribution in [2.24, 2.45) is 0 Å². The van der Waals surface area contributed by atoms with Gasteiger partial charge in [0.1, 0.15) is 16.7 Å². The van der Waals surface area contributed by atoms with E-state index in [-0.39, 0.29) is 12.5 Å². The van der Waals surface area contributed by atoms with E-state index >= 15 is 0 Å². The van der Waals surface area contributed by atoms with Crippen LogP contribution in [0.4, 0.5) is 0 Å². The number of fused-ring (bicyclic) bond motifs is 1. The predicted molar refractivity (Wildman–Crippen MR) is 78.2 cm³/mol. The average molecular weight is 320 g/mol. The van der Waals surface area contributed by atoms with E-state index < -0.39 is 17.9 Å². The number of thiazole rings is 1. The number of carboxylic acids is 1. The Hall–Kier alpha value is -2.61. The van der Waals surface area contributed by atoms with Gasteiger partial charge in [-0.3, -0.25) is 9.59 Å². The van der Waals surface area contributed by atoms with E-state index in [0.717, 1.165) is 5.56 Å². The summed E-state index contributed by atoms with van der Waals surface area (Å²) in [5.41, 5.74) is 0.991. The van der Waals surface area contributed by atoms with Crippen molar-refractivity contribution >= 4 is 23.2 Å². The monoisotopic (exact) mass is 320 g/mol. The first-order chi connectivity index (χ1) is 10.5. The second-order valence-electron chi connectivity index (χ2n) is 4.64. The molecule has 114 valence electrons. The molecule has 1 amide bonds. The molecule has 2 aromatic rings. The maximum Gasteiger partial charge on any atom is 0.325 e. The van der Waals surface area contributed by atoms with Crippen molar-refractivity contribution in [2.75, 3.05) is 6.79 Å². The Morgan fingerprint density at radius 3 is 2.91 bits per heavy atom. The molecule has 0 aliphatic carbocycles. The highest BCUT2D eigenvalue weighted by Gasteiger charge is 2.19. The third-order valence-electron chi connectivity index (χ3n) is 3.07. The number of nitrogens with one attached hydrogen (secondary N) is 1. The summed E-state index contributed by atoms with van der Waals surface area (Å²) in [6.45, 7) is 1.59. The molecule has 1 aromatic carbocycles. The Morgan fingerprint density at radius 1 is 1.36 bits per heavy atom. The number of hydrogen-bond acceptors (Lipinski definition) is 6. The lowest BCUT2D eigenvalue weighted by Gasteiger charge is -2.06. The van der Waals surface area contributed by atoms with Gasteiger partial charge in [-0.1, -0.05) is 0 Å². The number of aliphatic carboxylic acids is 1. The van der Waals surface area contributed by atoms with Gasteiger partial charge in [-0.25, -0.2) is 4.98 Å². The largest absolute Gasteiger partial charge is 0.480 e. The summed E-state index contributed by atoms with van der Waals surface area (Å²) in [5.74, 6) is -0.301. The number of carboxylic acid groups (broad SMARTS) is 1. The van der Waals surface area contributed by atoms with E-state index in [0.29, 0.717) is 16.5 Å². The summed E-state index contributed by atoms with van der Waals surface area (Å²) in [6, 6.07) is 4.44. The van der Waals surface area contributed by atoms with Crippen LogP contribution in [0.15, 0.2) is 23.6 Å². The fourth-order valence-corrected chi connectivity index (χ4v) is 2.67. The summed E-state index contributed by atoms with van der Waals surface area (Å²) in [4.78, 5) is 26.9. The third-order valence-corrected chi connectivity index (χ3v) is 3.97. The van der Waals surface area contributed by atoms with Crippen molar-refractivity contribution in [2.45, 2.75) is 13.0 Å². The predicted octanol–water partition coefficient (Wildman–Crippen LogP) is 1.74. The van der Waals surface area contributed by atoms with Crippen LogP contribution in [0.25, 0.3) is 10.6 Å². The minimum absolute atomic E-state index is 0.186. The van der Waals surface area contributed by atoms with E-state index in [4.69, 9.17) is 14.6 Å². The smallest absolute Gasteiger partial charge is 0.325 e. The lowest BCUT2D eigenvalue weighted by molar-refractivity contribution is -0.138. The SMILES string of the molecule is C[C@H](NC(=O)c1csc(-c2ccc3c(c2)OCO3)n1)C(=O)O. The number of rotatable bonds is 4. The lowest BCUT2D eigenvalue weighted by Crippen LogP contribution is -2.38. The Balaban J connectivity index is 1.79. The summed E-state index contributed by atoms with van der Waals surface area (Å²) in [7, 11) is 0. The summed E-state index contributed by atoms with van der Waals surface area (Å²) < 4.78 is 10.5. The highest BCUT2D eigenvalue weighted by Crippen LogP contribution is 2.36. The van der Waals surface area contributed by atoms with Crippen molar-refractivity contribution in [1.82, 2.24) is 10.3 Å². The topological polar surface area (TPSA) is 97.8 Å². The van der Waals surface area contributed by atoms with E-state index in [1.54, 1.807) is 17.5 Å². The highest BCUT2D eigenvalue weighted by atomic mass is 32.1. The van der Waals surface area contributed by atoms with Gasteiger partial charge >= 0.3 is 5.97 Å². The van der Waals surface area contributed by atoms with Crippen LogP contribution >= 0.6 is 11.3 Å². The molecule has 8 heteroatoms. The molecule has 0 saturated carbocycles. The zero-order valence-electron chi connectivity index (χ0n) is 11.5. The minimum atomic E-state index is -1.10. The van der Waals surface area contributed by atoms with Crippen molar-refractivity contribution in [1.29, 1.82) is 0 Å². The van der Waals surface area contributed by atoms with Gasteiger partial charge < -0.3 is 19.9 Å². The first-order valence-electron chi connectivity index (χ1n) is 6.44. The van der Waals surface area contributed by atoms with E-state index in [1.807, 2.05) is 6.07 Å². The Morgan fingerprint density at radius 2 is 2.14 bits per heavy atom. The number of hydrogen-bond donors (Lipinski definition) is 2. The fourth-order valence-electron chi connectivity index (χ4n) is 1.87. The number of ether oxygens (including phenoxy) is 2. The summed E-state index contributed by atoms with van der Waals surface area (Å²) in [6.07, 6.45) is 0. The average Bonchev–Trinajstić information content (AvgIpc) is 3.15. The maximum absolute atomic E-state index is 11.9. The van der Waals surface area contributed by atoms with Gasteiger partial charge in [0.2, 0.25) is 6.79 Å². The number of carbonyl (C=O) groups is 2. The molecule has 0 spiro atoms. The van der Waals surface area contributed by atoms with Crippen molar-refractivity contribution in [3.8, 4) is 22.1 Å². The molecule has 22 heavy (non-hydrogen) atoms. The molecule has 7 nitrogen and oxygen atoms in total. The standard InChI is InChI=1S/C14H12N2O5S/c1-7(14(18)19)15-12(17)9-5-22-13(16-9)8-2-3-10-11(4-8)21-6-20-10/h2-5,7H,6H2,1H3,(H,15,17)(H,18,19)/t7-/m0/s1. The Labute approximate surface area is 129 Å². The van der Waals surface area contributed by atoms with Crippen LogP contribution in [-0.2, 0) is 4.79 Å². The molecule has 2 heterocycles. The molecule has 0 radical (unpaired) electrons. The first kappa shape index (κ1) is 14.3. The molecular weight excluding hydrogens is 308 g/mol. The molecular formula is C14H12N2O5S. The van der Waals surface area contributed by atoms with Crippen LogP contribution in [0.3, 0.4) is 0 Å². The maximum atomic E-state index is 11.9. The van der Waals surface area contributed by atoms with Gasteiger partial charge in [-0.2, -0.15) is 0 Å². The molecule has 2 N–H and O–H groups in total. The number of benzene rings is 1. The molecule has 1 aliphatic rings. The van der Waals surface area contributed by atoms with Crippen LogP contribution in [0.5, 0.6) is 11.5 Å². The van der Waals surface area contributed by atoms with E-state index in [2.05, 4.69) is 10.3 Å². The number of carbonyl (C=O) groups excluding carboxylic acids is 1. The molecule has 1 aliphatic heterocycles. The van der Waals surface area contributed by atoms with E-state index in [1.165, 1.54) is 18.3 Å². The van der Waals surface area contributed by atoms with Crippen LogP contribution in [0.2, 0.25) is 0 Å². The molecule has 0 bridgehead atoms. The van der Waals surface area contributed by atoms with Crippen molar-refractivity contribution < 1.29 is 24.2 Å². The summed E-state index contributed by atoms with van der Waals surface area (Å²) >= 11 is 1.30. The molecule has 0 unspecified atom stereocenters. The van der Waals surface area contributed by atoms with Crippen LogP contribution in [0, 0.1) is 0 Å². The second kappa shape index (κ2) is 5.64. The van der Waals surface area contributed by atoms with Crippen LogP contribution in [0.1, 0.15) is 17.4 Å². The lowest BCUT2D eigenvalue weighted by atomic mass is 10.2. The fraction of sp³-hybridized carbons (Fsp3) is 0.214. The van der Waals surface area contributed by atoms with Gasteiger partial charge in [0.15, 0.2) is 11.5 Å². The van der Waals surface area contributed by atoms with Gasteiger partial charge in [0, 0.05) is 10.9 Å². The molecule has 0 saturated heterocycles. The number of aromatic nitrogens is 1. The van der Waals surface area contributed by atoms with Crippen molar-refractivity contribution in [3.63, 3.8) is 0 Å². The summed E-state index contributed by atoms with van der Waals surface area (Å²) in [5, 5.41) is 13.4. The van der Waals surface area contributed by atoms with Gasteiger partial charge in [0.25, 0.3) is 5.91 Å². The van der Waals surface area contributed by atoms with Crippen LogP contribution < -0.4 is 14.8 Å². The molecule has 0 fully saturated rings. The number of amides is 1. The van der Waals surface area contributed by atoms with Crippen LogP contribution in [-0.4, -0.2) is 34.8 Å². The molecule has 3 rings (SSSR count). The Kier molecular flexibility index (Phi) is 3.68. The molecule has 1 atom stereocenters. The second-order valence-corrected chi connectivity index (χ2v) is 5.50. The third kappa shape index (κ3) is 2.73. The highest BCUT2D eigenvalue weighted by molar-refractivity contribution is 7.13. The van der Waals surface area contributed by atoms with Crippen molar-refractivity contribution in [3.05, 3.63) is 29.3 Å². The zero-order chi connectivity index (χ0) is 15.7. The number of nitrogens with zero attached hydrogens (tertiary/aromatic N) is 1. The Bertz CT molecular complexity index is 743. The quantitative estimate of drug-likeness (QED) is 0.890. The minimum Gasteiger partial charge on any atom is -0.480 e. The first-order valence-corrected chi connectivity index (χ1v) is 7.32. The van der Waals surface area contributed by atoms with Gasteiger partial charge in [-0.15, -0.1) is 11.3 Å². The van der Waals surface area contributed by atoms with Gasteiger partial charge in [-0.05, 0) is 25.1 Å². The molecule has 1 aromatic heterocycles. The normalized spacial score (nSPS) is 13.7.